The first-order valence-electron chi connectivity index (χ1n) is 8.93. The largest absolute Gasteiger partial charge is 0.494 e. The number of hydrogen-bond donors (Lipinski definition) is 0. The average Bonchev–Trinajstić information content (AvgIpc) is 2.67. The Morgan fingerprint density at radius 3 is 2.69 bits per heavy atom. The Morgan fingerprint density at radius 2 is 1.96 bits per heavy atom. The van der Waals surface area contributed by atoms with Crippen molar-refractivity contribution in [3.63, 3.8) is 0 Å². The summed E-state index contributed by atoms with van der Waals surface area (Å²) in [5.41, 5.74) is 1.26. The lowest BCUT2D eigenvalue weighted by Gasteiger charge is -2.33. The standard InChI is InChI=1S/C21H23NO4/c1-3-19(23)16-10-11-20-18(14-16)22(21(24)15(2)26-20)12-7-13-25-17-8-5-4-6-9-17/h4-6,8-11,14-15H,3,7,12-13H2,1-2H3. The van der Waals surface area contributed by atoms with E-state index >= 15 is 0 Å². The third kappa shape index (κ3) is 3.87. The van der Waals surface area contributed by atoms with Gasteiger partial charge in [0.25, 0.3) is 5.91 Å². The van der Waals surface area contributed by atoms with E-state index in [4.69, 9.17) is 9.47 Å². The highest BCUT2D eigenvalue weighted by atomic mass is 16.5. The van der Waals surface area contributed by atoms with Crippen LogP contribution in [0.3, 0.4) is 0 Å². The number of anilines is 1. The number of carbonyl (C=O) groups is 2. The van der Waals surface area contributed by atoms with E-state index in [1.165, 1.54) is 0 Å². The topological polar surface area (TPSA) is 55.8 Å². The van der Waals surface area contributed by atoms with Crippen LogP contribution in [0.5, 0.6) is 11.5 Å². The van der Waals surface area contributed by atoms with E-state index in [9.17, 15) is 9.59 Å². The summed E-state index contributed by atoms with van der Waals surface area (Å²) in [5.74, 6) is 1.39. The molecular formula is C21H23NO4. The summed E-state index contributed by atoms with van der Waals surface area (Å²) >= 11 is 0. The van der Waals surface area contributed by atoms with Crippen LogP contribution in [0, 0.1) is 0 Å². The normalized spacial score (nSPS) is 16.0. The van der Waals surface area contributed by atoms with Crippen molar-refractivity contribution >= 4 is 17.4 Å². The fraction of sp³-hybridized carbons (Fsp3) is 0.333. The third-order valence-corrected chi connectivity index (χ3v) is 4.35. The van der Waals surface area contributed by atoms with Gasteiger partial charge in [-0.2, -0.15) is 0 Å². The van der Waals surface area contributed by atoms with E-state index in [2.05, 4.69) is 0 Å². The Morgan fingerprint density at radius 1 is 1.19 bits per heavy atom. The van der Waals surface area contributed by atoms with Crippen LogP contribution in [0.2, 0.25) is 0 Å². The van der Waals surface area contributed by atoms with Gasteiger partial charge in [0.15, 0.2) is 11.9 Å². The first-order chi connectivity index (χ1) is 12.6. The van der Waals surface area contributed by atoms with Gasteiger partial charge in [0.1, 0.15) is 11.5 Å². The molecule has 26 heavy (non-hydrogen) atoms. The van der Waals surface area contributed by atoms with Crippen molar-refractivity contribution in [1.29, 1.82) is 0 Å². The molecule has 1 heterocycles. The molecule has 0 aliphatic carbocycles. The quantitative estimate of drug-likeness (QED) is 0.560. The van der Waals surface area contributed by atoms with Crippen LogP contribution in [0.15, 0.2) is 48.5 Å². The van der Waals surface area contributed by atoms with Crippen LogP contribution in [-0.4, -0.2) is 30.9 Å². The molecule has 1 atom stereocenters. The molecule has 0 bridgehead atoms. The van der Waals surface area contributed by atoms with Gasteiger partial charge in [0.2, 0.25) is 0 Å². The molecule has 5 nitrogen and oxygen atoms in total. The highest BCUT2D eigenvalue weighted by molar-refractivity contribution is 6.02. The second kappa shape index (κ2) is 8.04. The monoisotopic (exact) mass is 353 g/mol. The Kier molecular flexibility index (Phi) is 5.56. The Labute approximate surface area is 153 Å². The van der Waals surface area contributed by atoms with Gasteiger partial charge in [-0.15, -0.1) is 0 Å². The molecule has 1 amide bonds. The Balaban J connectivity index is 1.71. The number of ketones is 1. The van der Waals surface area contributed by atoms with Crippen molar-refractivity contribution in [1.82, 2.24) is 0 Å². The van der Waals surface area contributed by atoms with Crippen molar-refractivity contribution in [2.75, 3.05) is 18.1 Å². The fourth-order valence-corrected chi connectivity index (χ4v) is 2.94. The number of carbonyl (C=O) groups excluding carboxylic acids is 2. The maximum Gasteiger partial charge on any atom is 0.267 e. The van der Waals surface area contributed by atoms with Crippen LogP contribution < -0.4 is 14.4 Å². The number of amides is 1. The minimum atomic E-state index is -0.537. The van der Waals surface area contributed by atoms with Crippen LogP contribution in [0.1, 0.15) is 37.0 Å². The SMILES string of the molecule is CCC(=O)c1ccc2c(c1)N(CCCOc1ccccc1)C(=O)C(C)O2. The van der Waals surface area contributed by atoms with Crippen molar-refractivity contribution in [3.8, 4) is 11.5 Å². The average molecular weight is 353 g/mol. The van der Waals surface area contributed by atoms with E-state index in [0.29, 0.717) is 43.0 Å². The maximum absolute atomic E-state index is 12.6. The molecule has 2 aromatic rings. The van der Waals surface area contributed by atoms with Gasteiger partial charge in [-0.05, 0) is 43.7 Å². The molecule has 1 unspecified atom stereocenters. The molecule has 3 rings (SSSR count). The van der Waals surface area contributed by atoms with E-state index in [0.717, 1.165) is 5.75 Å². The smallest absolute Gasteiger partial charge is 0.267 e. The number of ether oxygens (including phenoxy) is 2. The zero-order chi connectivity index (χ0) is 18.5. The van der Waals surface area contributed by atoms with Crippen LogP contribution in [0.4, 0.5) is 5.69 Å². The fourth-order valence-electron chi connectivity index (χ4n) is 2.94. The predicted octanol–water partition coefficient (Wildman–Crippen LogP) is 3.86. The van der Waals surface area contributed by atoms with Crippen LogP contribution in [-0.2, 0) is 4.79 Å². The van der Waals surface area contributed by atoms with E-state index in [1.807, 2.05) is 37.3 Å². The third-order valence-electron chi connectivity index (χ3n) is 4.35. The highest BCUT2D eigenvalue weighted by Crippen LogP contribution is 2.35. The summed E-state index contributed by atoms with van der Waals surface area (Å²) in [6.07, 6.45) is 0.568. The Hall–Kier alpha value is -2.82. The lowest BCUT2D eigenvalue weighted by Crippen LogP contribution is -2.45. The van der Waals surface area contributed by atoms with E-state index in [-0.39, 0.29) is 11.7 Å². The Bertz CT molecular complexity index is 788. The first-order valence-corrected chi connectivity index (χ1v) is 8.93. The molecular weight excluding hydrogens is 330 g/mol. The molecule has 1 aliphatic rings. The minimum absolute atomic E-state index is 0.0474. The number of Topliss-reactive ketones (excluding diaryl/α,β-unsaturated/α-hetero) is 1. The lowest BCUT2D eigenvalue weighted by atomic mass is 10.1. The second-order valence-electron chi connectivity index (χ2n) is 6.22. The van der Waals surface area contributed by atoms with Crippen LogP contribution >= 0.6 is 0 Å². The molecule has 0 spiro atoms. The molecule has 2 aromatic carbocycles. The van der Waals surface area contributed by atoms with Gasteiger partial charge in [-0.25, -0.2) is 0 Å². The molecule has 0 fully saturated rings. The first kappa shape index (κ1) is 18.0. The van der Waals surface area contributed by atoms with Crippen molar-refractivity contribution in [2.24, 2.45) is 0 Å². The number of para-hydroxylation sites is 1. The molecule has 136 valence electrons. The summed E-state index contributed by atoms with van der Waals surface area (Å²) in [6.45, 7) is 4.58. The number of nitrogens with zero attached hydrogens (tertiary/aromatic N) is 1. The van der Waals surface area contributed by atoms with Crippen LogP contribution in [0.25, 0.3) is 0 Å². The number of hydrogen-bond acceptors (Lipinski definition) is 4. The lowest BCUT2D eigenvalue weighted by molar-refractivity contribution is -0.125. The van der Waals surface area contributed by atoms with Crippen molar-refractivity contribution in [3.05, 3.63) is 54.1 Å². The molecule has 0 N–H and O–H groups in total. The second-order valence-corrected chi connectivity index (χ2v) is 6.22. The minimum Gasteiger partial charge on any atom is -0.494 e. The van der Waals surface area contributed by atoms with Gasteiger partial charge in [-0.3, -0.25) is 9.59 Å². The zero-order valence-electron chi connectivity index (χ0n) is 15.1. The van der Waals surface area contributed by atoms with Crippen molar-refractivity contribution < 1.29 is 19.1 Å². The van der Waals surface area contributed by atoms with E-state index < -0.39 is 6.10 Å². The number of benzene rings is 2. The molecule has 0 radical (unpaired) electrons. The summed E-state index contributed by atoms with van der Waals surface area (Å²) in [5, 5.41) is 0. The highest BCUT2D eigenvalue weighted by Gasteiger charge is 2.31. The molecule has 0 aromatic heterocycles. The van der Waals surface area contributed by atoms with Gasteiger partial charge in [0, 0.05) is 18.5 Å². The summed E-state index contributed by atoms with van der Waals surface area (Å²) < 4.78 is 11.4. The summed E-state index contributed by atoms with van der Waals surface area (Å²) in [7, 11) is 0. The molecule has 5 heteroatoms. The van der Waals surface area contributed by atoms with E-state index in [1.54, 1.807) is 30.0 Å². The maximum atomic E-state index is 12.6. The zero-order valence-corrected chi connectivity index (χ0v) is 15.1. The van der Waals surface area contributed by atoms with Gasteiger partial charge < -0.3 is 14.4 Å². The number of rotatable bonds is 7. The molecule has 0 saturated carbocycles. The predicted molar refractivity (Wildman–Crippen MR) is 100 cm³/mol. The van der Waals surface area contributed by atoms with Gasteiger partial charge in [0.05, 0.1) is 12.3 Å². The summed E-state index contributed by atoms with van der Waals surface area (Å²) in [4.78, 5) is 26.3. The molecule has 0 saturated heterocycles. The van der Waals surface area contributed by atoms with Crippen molar-refractivity contribution in [2.45, 2.75) is 32.8 Å². The summed E-state index contributed by atoms with van der Waals surface area (Å²) in [6, 6.07) is 14.9. The van der Waals surface area contributed by atoms with Gasteiger partial charge in [-0.1, -0.05) is 25.1 Å². The number of fused-ring (bicyclic) bond motifs is 1. The molecule has 1 aliphatic heterocycles. The van der Waals surface area contributed by atoms with Gasteiger partial charge >= 0.3 is 0 Å².